The van der Waals surface area contributed by atoms with Crippen LogP contribution in [-0.4, -0.2) is 4.98 Å². The highest BCUT2D eigenvalue weighted by molar-refractivity contribution is 7.98. The van der Waals surface area contributed by atoms with Gasteiger partial charge in [-0.15, -0.1) is 23.1 Å². The van der Waals surface area contributed by atoms with Crippen LogP contribution in [0.1, 0.15) is 22.5 Å². The first kappa shape index (κ1) is 13.5. The number of hydrogen-bond donors (Lipinski definition) is 1. The van der Waals surface area contributed by atoms with Crippen molar-refractivity contribution in [2.24, 2.45) is 5.73 Å². The van der Waals surface area contributed by atoms with E-state index in [-0.39, 0.29) is 5.82 Å². The summed E-state index contributed by atoms with van der Waals surface area (Å²) in [6.45, 7) is 2.60. The number of thiazole rings is 1. The molecule has 1 aromatic carbocycles. The van der Waals surface area contributed by atoms with E-state index in [1.54, 1.807) is 23.5 Å². The average Bonchev–Trinajstić information content (AvgIpc) is 2.80. The van der Waals surface area contributed by atoms with Crippen LogP contribution >= 0.6 is 23.1 Å². The van der Waals surface area contributed by atoms with E-state index in [2.05, 4.69) is 11.9 Å². The lowest BCUT2D eigenvalue weighted by Gasteiger charge is -2.00. The summed E-state index contributed by atoms with van der Waals surface area (Å²) in [5, 5.41) is 1.01. The number of aryl methyl sites for hydroxylation is 1. The standard InChI is InChI=1S/C13H15FN2S2/c1-2-10-12(7-15)18-13(16-10)8-17-11-6-4-3-5-9(11)14/h3-6H,2,7-8,15H2,1H3. The van der Waals surface area contributed by atoms with Crippen molar-refractivity contribution in [2.75, 3.05) is 0 Å². The number of benzene rings is 1. The number of rotatable bonds is 5. The predicted octanol–water partition coefficient (Wildman–Crippen LogP) is 3.60. The minimum absolute atomic E-state index is 0.172. The summed E-state index contributed by atoms with van der Waals surface area (Å²) in [6, 6.07) is 6.81. The molecular formula is C13H15FN2S2. The van der Waals surface area contributed by atoms with Gasteiger partial charge in [0.1, 0.15) is 10.8 Å². The zero-order chi connectivity index (χ0) is 13.0. The van der Waals surface area contributed by atoms with Crippen LogP contribution in [-0.2, 0) is 18.7 Å². The van der Waals surface area contributed by atoms with Gasteiger partial charge >= 0.3 is 0 Å². The second kappa shape index (κ2) is 6.31. The SMILES string of the molecule is CCc1nc(CSc2ccccc2F)sc1CN. The van der Waals surface area contributed by atoms with Crippen molar-refractivity contribution in [2.45, 2.75) is 30.5 Å². The molecule has 18 heavy (non-hydrogen) atoms. The van der Waals surface area contributed by atoms with Gasteiger partial charge in [-0.2, -0.15) is 0 Å². The molecule has 2 aromatic rings. The maximum Gasteiger partial charge on any atom is 0.136 e. The molecular weight excluding hydrogens is 267 g/mol. The molecule has 1 heterocycles. The number of thioether (sulfide) groups is 1. The van der Waals surface area contributed by atoms with E-state index in [0.29, 0.717) is 17.2 Å². The highest BCUT2D eigenvalue weighted by Crippen LogP contribution is 2.28. The lowest BCUT2D eigenvalue weighted by molar-refractivity contribution is 0.602. The third-order valence-corrected chi connectivity index (χ3v) is 4.89. The van der Waals surface area contributed by atoms with Gasteiger partial charge in [-0.1, -0.05) is 19.1 Å². The van der Waals surface area contributed by atoms with Gasteiger partial charge in [-0.3, -0.25) is 0 Å². The summed E-state index contributed by atoms with van der Waals surface area (Å²) in [4.78, 5) is 6.35. The molecule has 0 aliphatic carbocycles. The van der Waals surface area contributed by atoms with E-state index in [1.807, 2.05) is 6.07 Å². The van der Waals surface area contributed by atoms with Gasteiger partial charge < -0.3 is 5.73 Å². The Labute approximate surface area is 114 Å². The summed E-state index contributed by atoms with van der Waals surface area (Å²) >= 11 is 3.11. The van der Waals surface area contributed by atoms with Crippen LogP contribution in [0.25, 0.3) is 0 Å². The third kappa shape index (κ3) is 3.10. The fourth-order valence-corrected chi connectivity index (χ4v) is 3.60. The predicted molar refractivity (Wildman–Crippen MR) is 75.3 cm³/mol. The molecule has 2 rings (SSSR count). The van der Waals surface area contributed by atoms with Crippen LogP contribution in [0.5, 0.6) is 0 Å². The number of nitrogens with two attached hydrogens (primary N) is 1. The fraction of sp³-hybridized carbons (Fsp3) is 0.308. The largest absolute Gasteiger partial charge is 0.326 e. The van der Waals surface area contributed by atoms with Crippen molar-refractivity contribution in [1.82, 2.24) is 4.98 Å². The molecule has 0 spiro atoms. The summed E-state index contributed by atoms with van der Waals surface area (Å²) in [7, 11) is 0. The molecule has 0 aliphatic rings. The molecule has 2 nitrogen and oxygen atoms in total. The zero-order valence-electron chi connectivity index (χ0n) is 10.1. The van der Waals surface area contributed by atoms with Crippen LogP contribution in [0.2, 0.25) is 0 Å². The van der Waals surface area contributed by atoms with Crippen LogP contribution in [0, 0.1) is 5.82 Å². The van der Waals surface area contributed by atoms with E-state index >= 15 is 0 Å². The topological polar surface area (TPSA) is 38.9 Å². The molecule has 0 saturated carbocycles. The first-order valence-corrected chi connectivity index (χ1v) is 7.59. The number of hydrogen-bond acceptors (Lipinski definition) is 4. The zero-order valence-corrected chi connectivity index (χ0v) is 11.8. The maximum atomic E-state index is 13.5. The highest BCUT2D eigenvalue weighted by atomic mass is 32.2. The van der Waals surface area contributed by atoms with Gasteiger partial charge in [0.2, 0.25) is 0 Å². The van der Waals surface area contributed by atoms with E-state index in [1.165, 1.54) is 17.8 Å². The molecule has 0 unspecified atom stereocenters. The highest BCUT2D eigenvalue weighted by Gasteiger charge is 2.09. The lowest BCUT2D eigenvalue weighted by atomic mass is 10.3. The Kier molecular flexibility index (Phi) is 4.74. The van der Waals surface area contributed by atoms with Crippen LogP contribution < -0.4 is 5.73 Å². The quantitative estimate of drug-likeness (QED) is 0.852. The second-order valence-electron chi connectivity index (χ2n) is 3.75. The van der Waals surface area contributed by atoms with Crippen LogP contribution in [0.4, 0.5) is 4.39 Å². The molecule has 0 radical (unpaired) electrons. The molecule has 0 saturated heterocycles. The maximum absolute atomic E-state index is 13.5. The van der Waals surface area contributed by atoms with Crippen molar-refractivity contribution < 1.29 is 4.39 Å². The molecule has 1 aromatic heterocycles. The Morgan fingerprint density at radius 2 is 2.17 bits per heavy atom. The Morgan fingerprint density at radius 1 is 1.39 bits per heavy atom. The second-order valence-corrected chi connectivity index (χ2v) is 5.94. The minimum Gasteiger partial charge on any atom is -0.326 e. The fourth-order valence-electron chi connectivity index (χ4n) is 1.64. The van der Waals surface area contributed by atoms with Crippen molar-refractivity contribution in [1.29, 1.82) is 0 Å². The van der Waals surface area contributed by atoms with Gasteiger partial charge in [0.05, 0.1) is 11.4 Å². The molecule has 0 fully saturated rings. The van der Waals surface area contributed by atoms with Crippen molar-refractivity contribution in [3.05, 3.63) is 45.7 Å². The molecule has 0 atom stereocenters. The number of halogens is 1. The smallest absolute Gasteiger partial charge is 0.136 e. The van der Waals surface area contributed by atoms with E-state index < -0.39 is 0 Å². The van der Waals surface area contributed by atoms with Gasteiger partial charge in [-0.25, -0.2) is 9.37 Å². The summed E-state index contributed by atoms with van der Waals surface area (Å²) in [5.74, 6) is 0.521. The lowest BCUT2D eigenvalue weighted by Crippen LogP contribution is -1.96. The number of aromatic nitrogens is 1. The Balaban J connectivity index is 2.06. The molecule has 0 amide bonds. The minimum atomic E-state index is -0.172. The van der Waals surface area contributed by atoms with Gasteiger partial charge in [-0.05, 0) is 18.6 Å². The van der Waals surface area contributed by atoms with Gasteiger partial charge in [0.25, 0.3) is 0 Å². The average molecular weight is 282 g/mol. The van der Waals surface area contributed by atoms with Gasteiger partial charge in [0.15, 0.2) is 0 Å². The third-order valence-electron chi connectivity index (χ3n) is 2.53. The van der Waals surface area contributed by atoms with Crippen LogP contribution in [0.15, 0.2) is 29.2 Å². The molecule has 96 valence electrons. The van der Waals surface area contributed by atoms with E-state index in [4.69, 9.17) is 5.73 Å². The molecule has 2 N–H and O–H groups in total. The first-order chi connectivity index (χ1) is 8.74. The van der Waals surface area contributed by atoms with E-state index in [9.17, 15) is 4.39 Å². The van der Waals surface area contributed by atoms with Crippen molar-refractivity contribution in [3.63, 3.8) is 0 Å². The van der Waals surface area contributed by atoms with E-state index in [0.717, 1.165) is 22.0 Å². The molecule has 0 aliphatic heterocycles. The van der Waals surface area contributed by atoms with Crippen molar-refractivity contribution >= 4 is 23.1 Å². The molecule has 5 heteroatoms. The molecule has 0 bridgehead atoms. The monoisotopic (exact) mass is 282 g/mol. The Morgan fingerprint density at radius 3 is 2.78 bits per heavy atom. The number of nitrogens with zero attached hydrogens (tertiary/aromatic N) is 1. The van der Waals surface area contributed by atoms with Crippen molar-refractivity contribution in [3.8, 4) is 0 Å². The summed E-state index contributed by atoms with van der Waals surface area (Å²) < 4.78 is 13.5. The Hall–Kier alpha value is -0.910. The van der Waals surface area contributed by atoms with Crippen LogP contribution in [0.3, 0.4) is 0 Å². The normalized spacial score (nSPS) is 10.8. The first-order valence-electron chi connectivity index (χ1n) is 5.79. The summed E-state index contributed by atoms with van der Waals surface area (Å²) in [5.41, 5.74) is 6.75. The summed E-state index contributed by atoms with van der Waals surface area (Å²) in [6.07, 6.45) is 0.896. The van der Waals surface area contributed by atoms with Gasteiger partial charge in [0, 0.05) is 16.3 Å². The Bertz CT molecular complexity index is 504.